The quantitative estimate of drug-likeness (QED) is 0.370. The number of rotatable bonds is 8. The molecule has 1 amide bonds. The van der Waals surface area contributed by atoms with Crippen LogP contribution in [0.25, 0.3) is 11.0 Å². The molecule has 0 radical (unpaired) electrons. The molecule has 0 aliphatic heterocycles. The number of H-pyrrole nitrogens is 1. The number of nitrogens with one attached hydrogen (secondary N) is 3. The van der Waals surface area contributed by atoms with Crippen molar-refractivity contribution >= 4 is 22.8 Å². The topological polar surface area (TPSA) is 130 Å². The number of carbonyl (C=O) groups is 1. The number of nitrogens with zero attached hydrogens (tertiary/aromatic N) is 5. The molecule has 33 heavy (non-hydrogen) atoms. The van der Waals surface area contributed by atoms with Crippen LogP contribution >= 0.6 is 0 Å². The molecule has 0 bridgehead atoms. The lowest BCUT2D eigenvalue weighted by molar-refractivity contribution is -0.121. The van der Waals surface area contributed by atoms with Crippen LogP contribution in [0.5, 0.6) is 0 Å². The van der Waals surface area contributed by atoms with Gasteiger partial charge < -0.3 is 10.6 Å². The van der Waals surface area contributed by atoms with Gasteiger partial charge >= 0.3 is 5.92 Å². The molecule has 0 aliphatic rings. The van der Waals surface area contributed by atoms with Crippen molar-refractivity contribution in [1.29, 1.82) is 0 Å². The Morgan fingerprint density at radius 1 is 1.18 bits per heavy atom. The fourth-order valence-electron chi connectivity index (χ4n) is 3.13. The highest BCUT2D eigenvalue weighted by molar-refractivity contribution is 5.77. The predicted molar refractivity (Wildman–Crippen MR) is 116 cm³/mol. The summed E-state index contributed by atoms with van der Waals surface area (Å²) >= 11 is 0. The average molecular weight is 454 g/mol. The zero-order chi connectivity index (χ0) is 23.4. The fraction of sp³-hybridized carbons (Fsp3) is 0.238. The maximum absolute atomic E-state index is 14.4. The van der Waals surface area contributed by atoms with Crippen LogP contribution in [0.4, 0.5) is 14.6 Å². The number of pyridine rings is 2. The van der Waals surface area contributed by atoms with Crippen LogP contribution in [0.3, 0.4) is 0 Å². The molecule has 0 aliphatic carbocycles. The minimum Gasteiger partial charge on any atom is -0.359 e. The molecule has 3 N–H and O–H groups in total. The molecule has 0 atom stereocenters. The number of carbonyl (C=O) groups excluding carboxylic acids is 1. The van der Waals surface area contributed by atoms with Gasteiger partial charge in [0.25, 0.3) is 5.56 Å². The van der Waals surface area contributed by atoms with Gasteiger partial charge in [0.1, 0.15) is 12.2 Å². The lowest BCUT2D eigenvalue weighted by atomic mass is 10.2. The summed E-state index contributed by atoms with van der Waals surface area (Å²) in [4.78, 5) is 37.0. The first kappa shape index (κ1) is 22.0. The largest absolute Gasteiger partial charge is 0.359 e. The van der Waals surface area contributed by atoms with Crippen LogP contribution in [0.2, 0.25) is 0 Å². The molecular weight excluding hydrogens is 434 g/mol. The highest BCUT2D eigenvalue weighted by atomic mass is 19.3. The van der Waals surface area contributed by atoms with Gasteiger partial charge in [-0.25, -0.2) is 9.97 Å². The Hall–Kier alpha value is -4.22. The minimum atomic E-state index is -3.31. The molecule has 170 valence electrons. The smallest absolute Gasteiger partial charge is 0.306 e. The van der Waals surface area contributed by atoms with E-state index in [-0.39, 0.29) is 18.9 Å². The number of alkyl halides is 2. The van der Waals surface area contributed by atoms with Gasteiger partial charge in [0, 0.05) is 36.2 Å². The van der Waals surface area contributed by atoms with E-state index in [1.54, 1.807) is 19.3 Å². The fourth-order valence-corrected chi connectivity index (χ4v) is 3.13. The van der Waals surface area contributed by atoms with Gasteiger partial charge in [-0.15, -0.1) is 0 Å². The molecule has 12 heteroatoms. The zero-order valence-electron chi connectivity index (χ0n) is 17.5. The molecule has 4 aromatic heterocycles. The molecule has 0 aromatic carbocycles. The maximum atomic E-state index is 14.4. The molecule has 10 nitrogen and oxygen atoms in total. The Morgan fingerprint density at radius 3 is 2.82 bits per heavy atom. The first-order chi connectivity index (χ1) is 15.8. The van der Waals surface area contributed by atoms with E-state index in [0.717, 1.165) is 10.9 Å². The molecule has 0 saturated carbocycles. The van der Waals surface area contributed by atoms with Gasteiger partial charge in [-0.2, -0.15) is 13.9 Å². The molecule has 4 heterocycles. The number of anilines is 1. The van der Waals surface area contributed by atoms with E-state index in [9.17, 15) is 18.4 Å². The SMILES string of the molecule is Cc1cnc(NCC(F)(F)c2ccccn2)c(=O)n1CC(=O)NCc1cnc2[nH]ncc2c1. The summed E-state index contributed by atoms with van der Waals surface area (Å²) in [5, 5.41) is 12.5. The molecule has 4 rings (SSSR count). The molecule has 0 spiro atoms. The van der Waals surface area contributed by atoms with Crippen molar-refractivity contribution in [2.45, 2.75) is 25.9 Å². The zero-order valence-corrected chi connectivity index (χ0v) is 17.5. The van der Waals surface area contributed by atoms with Crippen LogP contribution in [-0.2, 0) is 23.8 Å². The number of fused-ring (bicyclic) bond motifs is 1. The van der Waals surface area contributed by atoms with Crippen molar-refractivity contribution in [1.82, 2.24) is 35.0 Å². The molecule has 0 unspecified atom stereocenters. The number of hydrogen-bond acceptors (Lipinski definition) is 7. The maximum Gasteiger partial charge on any atom is 0.306 e. The first-order valence-corrected chi connectivity index (χ1v) is 9.98. The van der Waals surface area contributed by atoms with Gasteiger partial charge in [0.15, 0.2) is 11.5 Å². The standard InChI is InChI=1S/C21H20F2N8O2/c1-13-7-26-19(28-12-21(22,23)16-4-2-3-5-24-16)20(33)31(13)11-17(32)25-8-14-6-15-10-29-30-18(15)27-9-14/h2-7,9-10H,8,11-12H2,1H3,(H,25,32)(H,26,28)(H,27,29,30). The predicted octanol–water partition coefficient (Wildman–Crippen LogP) is 1.74. The second-order valence-electron chi connectivity index (χ2n) is 7.34. The Kier molecular flexibility index (Phi) is 6.07. The Labute approximate surface area is 186 Å². The third kappa shape index (κ3) is 5.00. The van der Waals surface area contributed by atoms with Crippen molar-refractivity contribution in [2.75, 3.05) is 11.9 Å². The Bertz CT molecular complexity index is 1340. The van der Waals surface area contributed by atoms with E-state index < -0.39 is 29.6 Å². The van der Waals surface area contributed by atoms with E-state index in [1.807, 2.05) is 6.07 Å². The van der Waals surface area contributed by atoms with Crippen molar-refractivity contribution in [3.05, 3.63) is 76.4 Å². The summed E-state index contributed by atoms with van der Waals surface area (Å²) in [6, 6.07) is 6.02. The number of halogens is 2. The van der Waals surface area contributed by atoms with E-state index in [1.165, 1.54) is 35.2 Å². The number of aromatic nitrogens is 6. The normalized spacial score (nSPS) is 11.5. The first-order valence-electron chi connectivity index (χ1n) is 9.98. The minimum absolute atomic E-state index is 0.202. The second kappa shape index (κ2) is 9.10. The number of amides is 1. The lowest BCUT2D eigenvalue weighted by Crippen LogP contribution is -2.36. The Morgan fingerprint density at radius 2 is 2.03 bits per heavy atom. The van der Waals surface area contributed by atoms with Crippen LogP contribution in [-0.4, -0.2) is 42.2 Å². The highest BCUT2D eigenvalue weighted by Gasteiger charge is 2.33. The summed E-state index contributed by atoms with van der Waals surface area (Å²) in [5.41, 5.74) is 0.711. The van der Waals surface area contributed by atoms with Crippen molar-refractivity contribution in [3.8, 4) is 0 Å². The van der Waals surface area contributed by atoms with Gasteiger partial charge in [-0.3, -0.25) is 24.2 Å². The monoisotopic (exact) mass is 454 g/mol. The van der Waals surface area contributed by atoms with Crippen molar-refractivity contribution in [2.24, 2.45) is 0 Å². The van der Waals surface area contributed by atoms with Crippen molar-refractivity contribution in [3.63, 3.8) is 0 Å². The van der Waals surface area contributed by atoms with Crippen LogP contribution in [0.1, 0.15) is 17.0 Å². The summed E-state index contributed by atoms with van der Waals surface area (Å²) in [7, 11) is 0. The van der Waals surface area contributed by atoms with E-state index >= 15 is 0 Å². The van der Waals surface area contributed by atoms with Gasteiger partial charge in [0.05, 0.1) is 12.7 Å². The van der Waals surface area contributed by atoms with Crippen LogP contribution < -0.4 is 16.2 Å². The number of aromatic amines is 1. The third-order valence-corrected chi connectivity index (χ3v) is 4.91. The molecule has 0 fully saturated rings. The van der Waals surface area contributed by atoms with Crippen molar-refractivity contribution < 1.29 is 13.6 Å². The van der Waals surface area contributed by atoms with Crippen LogP contribution in [0, 0.1) is 6.92 Å². The summed E-state index contributed by atoms with van der Waals surface area (Å²) in [6.07, 6.45) is 5.84. The number of hydrogen-bond donors (Lipinski definition) is 3. The average Bonchev–Trinajstić information content (AvgIpc) is 3.28. The molecule has 0 saturated heterocycles. The second-order valence-corrected chi connectivity index (χ2v) is 7.34. The molecular formula is C21H20F2N8O2. The highest BCUT2D eigenvalue weighted by Crippen LogP contribution is 2.25. The third-order valence-electron chi connectivity index (χ3n) is 4.91. The van der Waals surface area contributed by atoms with Crippen LogP contribution in [0.15, 0.2) is 53.8 Å². The lowest BCUT2D eigenvalue weighted by Gasteiger charge is -2.17. The summed E-state index contributed by atoms with van der Waals surface area (Å²) in [6.45, 7) is 0.642. The summed E-state index contributed by atoms with van der Waals surface area (Å²) < 4.78 is 29.9. The Balaban J connectivity index is 1.41. The van der Waals surface area contributed by atoms with E-state index in [2.05, 4.69) is 35.8 Å². The molecule has 4 aromatic rings. The van der Waals surface area contributed by atoms with Gasteiger partial charge in [-0.05, 0) is 30.7 Å². The van der Waals surface area contributed by atoms with Gasteiger partial charge in [0.2, 0.25) is 5.91 Å². The van der Waals surface area contributed by atoms with E-state index in [0.29, 0.717) is 11.3 Å². The summed E-state index contributed by atoms with van der Waals surface area (Å²) in [5.74, 6) is -4.02. The van der Waals surface area contributed by atoms with Gasteiger partial charge in [-0.1, -0.05) is 6.07 Å². The number of aryl methyl sites for hydroxylation is 1. The van der Waals surface area contributed by atoms with E-state index in [4.69, 9.17) is 0 Å².